The summed E-state index contributed by atoms with van der Waals surface area (Å²) in [5.74, 6) is -0.591. The van der Waals surface area contributed by atoms with Crippen molar-refractivity contribution in [3.05, 3.63) is 22.9 Å². The molecule has 0 aliphatic heterocycles. The van der Waals surface area contributed by atoms with Gasteiger partial charge >= 0.3 is 0 Å². The molecule has 3 rings (SSSR count). The molecule has 1 aliphatic rings. The molecular weight excluding hydrogens is 358 g/mol. The number of tetrazole rings is 1. The molecule has 1 saturated carbocycles. The fourth-order valence-corrected chi connectivity index (χ4v) is 3.60. The van der Waals surface area contributed by atoms with Crippen molar-refractivity contribution in [2.45, 2.75) is 44.4 Å². The van der Waals surface area contributed by atoms with Crippen LogP contribution in [-0.4, -0.2) is 60.8 Å². The quantitative estimate of drug-likeness (QED) is 0.543. The summed E-state index contributed by atoms with van der Waals surface area (Å²) in [7, 11) is 0. The molecule has 2 aromatic heterocycles. The Labute approximate surface area is 154 Å². The number of amides is 2. The molecule has 2 heterocycles. The van der Waals surface area contributed by atoms with Crippen LogP contribution in [0.3, 0.4) is 0 Å². The van der Waals surface area contributed by atoms with Gasteiger partial charge in [-0.15, -0.1) is 16.4 Å². The van der Waals surface area contributed by atoms with E-state index in [4.69, 9.17) is 0 Å². The largest absolute Gasteiger partial charge is 0.391 e. The summed E-state index contributed by atoms with van der Waals surface area (Å²) in [6.07, 6.45) is 4.13. The molecule has 0 spiro atoms. The molecule has 10 nitrogen and oxygen atoms in total. The Bertz CT molecular complexity index is 707. The van der Waals surface area contributed by atoms with Crippen LogP contribution in [0.2, 0.25) is 0 Å². The fraction of sp³-hybridized carbons (Fsp3) is 0.600. The molecule has 2 amide bonds. The first-order chi connectivity index (χ1) is 12.6. The average Bonchev–Trinajstić information content (AvgIpc) is 3.36. The van der Waals surface area contributed by atoms with Crippen LogP contribution < -0.4 is 10.6 Å². The summed E-state index contributed by atoms with van der Waals surface area (Å²) < 4.78 is 1.46. The van der Waals surface area contributed by atoms with Gasteiger partial charge in [-0.1, -0.05) is 0 Å². The third-order valence-electron chi connectivity index (χ3n) is 4.33. The molecule has 26 heavy (non-hydrogen) atoms. The van der Waals surface area contributed by atoms with E-state index in [9.17, 15) is 14.7 Å². The van der Waals surface area contributed by atoms with E-state index in [1.54, 1.807) is 17.5 Å². The third kappa shape index (κ3) is 5.05. The maximum absolute atomic E-state index is 12.3. The van der Waals surface area contributed by atoms with Gasteiger partial charge in [0.1, 0.15) is 6.33 Å². The van der Waals surface area contributed by atoms with Gasteiger partial charge < -0.3 is 15.7 Å². The van der Waals surface area contributed by atoms with Gasteiger partial charge in [0.05, 0.1) is 23.7 Å². The normalized spacial score (nSPS) is 22.3. The first-order valence-electron chi connectivity index (χ1n) is 8.46. The number of hydrogen-bond acceptors (Lipinski definition) is 8. The minimum Gasteiger partial charge on any atom is -0.391 e. The smallest absolute Gasteiger partial charge is 0.223 e. The number of aliphatic hydroxyl groups excluding tert-OH is 1. The van der Waals surface area contributed by atoms with Crippen LogP contribution in [-0.2, 0) is 22.6 Å². The number of thiazole rings is 1. The molecule has 140 valence electrons. The van der Waals surface area contributed by atoms with Crippen molar-refractivity contribution in [2.75, 3.05) is 6.54 Å². The molecule has 3 N–H and O–H groups in total. The van der Waals surface area contributed by atoms with Crippen molar-refractivity contribution >= 4 is 23.2 Å². The van der Waals surface area contributed by atoms with E-state index in [0.29, 0.717) is 32.4 Å². The maximum atomic E-state index is 12.3. The average molecular weight is 379 g/mol. The zero-order chi connectivity index (χ0) is 18.4. The second kappa shape index (κ2) is 8.81. The first kappa shape index (κ1) is 18.4. The molecule has 0 bridgehead atoms. The molecule has 2 aromatic rings. The molecule has 11 heteroatoms. The van der Waals surface area contributed by atoms with Crippen LogP contribution in [0.25, 0.3) is 0 Å². The van der Waals surface area contributed by atoms with Gasteiger partial charge in [0.25, 0.3) is 0 Å². The number of hydrogen-bond donors (Lipinski definition) is 3. The number of carbonyl (C=O) groups excluding carboxylic acids is 2. The SMILES string of the molecule is O=C(CCn1cnnn1)N[C@@H]1C[C@H](C(=O)NCCc2nccs2)C[C@H]1O. The summed E-state index contributed by atoms with van der Waals surface area (Å²) in [5, 5.41) is 29.4. The van der Waals surface area contributed by atoms with Gasteiger partial charge in [-0.25, -0.2) is 9.67 Å². The molecule has 0 aromatic carbocycles. The van der Waals surface area contributed by atoms with Gasteiger partial charge in [-0.3, -0.25) is 9.59 Å². The summed E-state index contributed by atoms with van der Waals surface area (Å²) >= 11 is 1.55. The molecule has 3 atom stereocenters. The van der Waals surface area contributed by atoms with Crippen LogP contribution in [0.5, 0.6) is 0 Å². The number of aromatic nitrogens is 5. The lowest BCUT2D eigenvalue weighted by Crippen LogP contribution is -2.40. The summed E-state index contributed by atoms with van der Waals surface area (Å²) in [5.41, 5.74) is 0. The Hall–Kier alpha value is -2.40. The van der Waals surface area contributed by atoms with E-state index < -0.39 is 12.1 Å². The van der Waals surface area contributed by atoms with Gasteiger partial charge in [0.2, 0.25) is 11.8 Å². The zero-order valence-electron chi connectivity index (χ0n) is 14.1. The van der Waals surface area contributed by atoms with Crippen LogP contribution >= 0.6 is 11.3 Å². The molecule has 0 radical (unpaired) electrons. The van der Waals surface area contributed by atoms with Crippen molar-refractivity contribution in [3.63, 3.8) is 0 Å². The van der Waals surface area contributed by atoms with Crippen molar-refractivity contribution in [1.29, 1.82) is 0 Å². The predicted molar refractivity (Wildman–Crippen MR) is 91.9 cm³/mol. The Kier molecular flexibility index (Phi) is 6.23. The van der Waals surface area contributed by atoms with Gasteiger partial charge in [-0.05, 0) is 23.3 Å². The molecule has 0 unspecified atom stereocenters. The molecule has 1 aliphatic carbocycles. The van der Waals surface area contributed by atoms with E-state index in [2.05, 4.69) is 31.1 Å². The summed E-state index contributed by atoms with van der Waals surface area (Å²) in [6, 6.07) is -0.411. The third-order valence-corrected chi connectivity index (χ3v) is 5.17. The van der Waals surface area contributed by atoms with Crippen molar-refractivity contribution in [2.24, 2.45) is 5.92 Å². The predicted octanol–water partition coefficient (Wildman–Crippen LogP) is -0.866. The van der Waals surface area contributed by atoms with Crippen molar-refractivity contribution < 1.29 is 14.7 Å². The number of nitrogens with zero attached hydrogens (tertiary/aromatic N) is 5. The highest BCUT2D eigenvalue weighted by atomic mass is 32.1. The standard InChI is InChI=1S/C15H21N7O3S/c23-12-8-10(15(25)17-3-1-14-16-4-6-26-14)7-11(12)19-13(24)2-5-22-9-18-20-21-22/h4,6,9-12,23H,1-3,5,7-8H2,(H,17,25)(H,19,24)/t10-,11+,12+/m0/s1. The van der Waals surface area contributed by atoms with Crippen LogP contribution in [0.15, 0.2) is 17.9 Å². The number of rotatable bonds is 8. The van der Waals surface area contributed by atoms with E-state index in [0.717, 1.165) is 5.01 Å². The summed E-state index contributed by atoms with van der Waals surface area (Å²) in [6.45, 7) is 0.879. The highest BCUT2D eigenvalue weighted by molar-refractivity contribution is 7.09. The van der Waals surface area contributed by atoms with E-state index in [1.807, 2.05) is 5.38 Å². The fourth-order valence-electron chi connectivity index (χ4n) is 2.98. The minimum absolute atomic E-state index is 0.0916. The number of nitrogens with one attached hydrogen (secondary N) is 2. The zero-order valence-corrected chi connectivity index (χ0v) is 14.9. The monoisotopic (exact) mass is 379 g/mol. The van der Waals surface area contributed by atoms with Gasteiger partial charge in [-0.2, -0.15) is 0 Å². The summed E-state index contributed by atoms with van der Waals surface area (Å²) in [4.78, 5) is 28.4. The molecular formula is C15H21N7O3S. The van der Waals surface area contributed by atoms with Crippen LogP contribution in [0, 0.1) is 5.92 Å². The first-order valence-corrected chi connectivity index (χ1v) is 9.34. The lowest BCUT2D eigenvalue weighted by molar-refractivity contribution is -0.125. The Morgan fingerprint density at radius 2 is 2.27 bits per heavy atom. The van der Waals surface area contributed by atoms with Crippen LogP contribution in [0.4, 0.5) is 0 Å². The maximum Gasteiger partial charge on any atom is 0.223 e. The molecule has 1 fully saturated rings. The Morgan fingerprint density at radius 1 is 1.38 bits per heavy atom. The topological polar surface area (TPSA) is 135 Å². The van der Waals surface area contributed by atoms with E-state index >= 15 is 0 Å². The van der Waals surface area contributed by atoms with E-state index in [-0.39, 0.29) is 24.2 Å². The van der Waals surface area contributed by atoms with Crippen molar-refractivity contribution in [3.8, 4) is 0 Å². The second-order valence-corrected chi connectivity index (χ2v) is 7.18. The molecule has 0 saturated heterocycles. The Balaban J connectivity index is 1.38. The highest BCUT2D eigenvalue weighted by Crippen LogP contribution is 2.26. The number of carbonyl (C=O) groups is 2. The minimum atomic E-state index is -0.721. The highest BCUT2D eigenvalue weighted by Gasteiger charge is 2.37. The van der Waals surface area contributed by atoms with Gasteiger partial charge in [0.15, 0.2) is 0 Å². The van der Waals surface area contributed by atoms with Gasteiger partial charge in [0, 0.05) is 36.9 Å². The second-order valence-electron chi connectivity index (χ2n) is 6.20. The number of aryl methyl sites for hydroxylation is 1. The lowest BCUT2D eigenvalue weighted by Gasteiger charge is -2.16. The lowest BCUT2D eigenvalue weighted by atomic mass is 10.1. The number of aliphatic hydroxyl groups is 1. The van der Waals surface area contributed by atoms with Crippen LogP contribution in [0.1, 0.15) is 24.3 Å². The van der Waals surface area contributed by atoms with Crippen molar-refractivity contribution in [1.82, 2.24) is 35.8 Å². The Morgan fingerprint density at radius 3 is 3.00 bits per heavy atom. The van der Waals surface area contributed by atoms with E-state index in [1.165, 1.54) is 11.0 Å².